The summed E-state index contributed by atoms with van der Waals surface area (Å²) in [6.45, 7) is 0. The molecule has 0 amide bonds. The monoisotopic (exact) mass is 230 g/mol. The Morgan fingerprint density at radius 1 is 1.24 bits per heavy atom. The number of benzene rings is 1. The molecule has 1 heterocycles. The van der Waals surface area contributed by atoms with Crippen LogP contribution in [0.4, 0.5) is 5.82 Å². The van der Waals surface area contributed by atoms with Crippen LogP contribution in [0.5, 0.6) is 0 Å². The van der Waals surface area contributed by atoms with E-state index in [-0.39, 0.29) is 17.3 Å². The lowest BCUT2D eigenvalue weighted by Gasteiger charge is -1.91. The third-order valence-electron chi connectivity index (χ3n) is 1.93. The highest BCUT2D eigenvalue weighted by Gasteiger charge is 2.09. The molecule has 1 aromatic carbocycles. The average Bonchev–Trinajstić information content (AvgIpc) is 2.77. The van der Waals surface area contributed by atoms with E-state index in [9.17, 15) is 0 Å². The molecule has 0 saturated carbocycles. The van der Waals surface area contributed by atoms with Gasteiger partial charge in [0, 0.05) is 0 Å². The third kappa shape index (κ3) is 2.65. The zero-order chi connectivity index (χ0) is 12.1. The summed E-state index contributed by atoms with van der Waals surface area (Å²) in [5.41, 5.74) is 12.1. The standard InChI is InChI=1S/C10H10N6O/c11-9(8-10(12)16-17-15-8)14-13-6-7-4-2-1-3-5-7/h1-6H,(H2,11,14)(H2,12,16). The summed E-state index contributed by atoms with van der Waals surface area (Å²) >= 11 is 0. The van der Waals surface area contributed by atoms with Crippen molar-refractivity contribution < 1.29 is 4.63 Å². The van der Waals surface area contributed by atoms with Crippen LogP contribution >= 0.6 is 0 Å². The van der Waals surface area contributed by atoms with Crippen LogP contribution in [-0.2, 0) is 0 Å². The van der Waals surface area contributed by atoms with Gasteiger partial charge >= 0.3 is 0 Å². The van der Waals surface area contributed by atoms with Crippen molar-refractivity contribution in [2.45, 2.75) is 0 Å². The Morgan fingerprint density at radius 2 is 2.00 bits per heavy atom. The number of hydrogen-bond donors (Lipinski definition) is 2. The number of aromatic nitrogens is 2. The Morgan fingerprint density at radius 3 is 2.65 bits per heavy atom. The molecule has 0 unspecified atom stereocenters. The van der Waals surface area contributed by atoms with Crippen molar-refractivity contribution in [3.63, 3.8) is 0 Å². The highest BCUT2D eigenvalue weighted by atomic mass is 16.6. The second-order valence-electron chi connectivity index (χ2n) is 3.14. The largest absolute Gasteiger partial charge is 0.380 e. The smallest absolute Gasteiger partial charge is 0.199 e. The highest BCUT2D eigenvalue weighted by Crippen LogP contribution is 2.03. The predicted octanol–water partition coefficient (Wildman–Crippen LogP) is 0.391. The van der Waals surface area contributed by atoms with Crippen molar-refractivity contribution in [2.24, 2.45) is 15.9 Å². The normalized spacial score (nSPS) is 12.1. The molecule has 0 atom stereocenters. The molecule has 17 heavy (non-hydrogen) atoms. The fourth-order valence-electron chi connectivity index (χ4n) is 1.12. The molecule has 7 heteroatoms. The van der Waals surface area contributed by atoms with Crippen molar-refractivity contribution >= 4 is 17.9 Å². The fourth-order valence-corrected chi connectivity index (χ4v) is 1.12. The third-order valence-corrected chi connectivity index (χ3v) is 1.93. The van der Waals surface area contributed by atoms with Gasteiger partial charge in [0.1, 0.15) is 0 Å². The molecule has 0 aliphatic carbocycles. The van der Waals surface area contributed by atoms with Crippen LogP contribution in [0.2, 0.25) is 0 Å². The molecular weight excluding hydrogens is 220 g/mol. The van der Waals surface area contributed by atoms with E-state index in [0.717, 1.165) is 5.56 Å². The van der Waals surface area contributed by atoms with Crippen LogP contribution in [0.1, 0.15) is 11.3 Å². The van der Waals surface area contributed by atoms with E-state index < -0.39 is 0 Å². The summed E-state index contributed by atoms with van der Waals surface area (Å²) in [6, 6.07) is 9.49. The van der Waals surface area contributed by atoms with Crippen LogP contribution in [0, 0.1) is 0 Å². The van der Waals surface area contributed by atoms with E-state index >= 15 is 0 Å². The maximum Gasteiger partial charge on any atom is 0.199 e. The van der Waals surface area contributed by atoms with Crippen LogP contribution in [0.3, 0.4) is 0 Å². The molecule has 7 nitrogen and oxygen atoms in total. The second-order valence-corrected chi connectivity index (χ2v) is 3.14. The summed E-state index contributed by atoms with van der Waals surface area (Å²) in [7, 11) is 0. The first-order valence-electron chi connectivity index (χ1n) is 4.77. The highest BCUT2D eigenvalue weighted by molar-refractivity contribution is 5.99. The zero-order valence-electron chi connectivity index (χ0n) is 8.82. The molecule has 4 N–H and O–H groups in total. The second kappa shape index (κ2) is 4.88. The number of nitrogen functional groups attached to an aromatic ring is 1. The van der Waals surface area contributed by atoms with E-state index in [2.05, 4.69) is 25.1 Å². The van der Waals surface area contributed by atoms with E-state index in [4.69, 9.17) is 11.5 Å². The number of rotatable bonds is 3. The van der Waals surface area contributed by atoms with E-state index in [1.165, 1.54) is 0 Å². The molecule has 0 aliphatic rings. The topological polar surface area (TPSA) is 116 Å². The van der Waals surface area contributed by atoms with Gasteiger partial charge in [0.2, 0.25) is 0 Å². The quantitative estimate of drug-likeness (QED) is 0.449. The summed E-state index contributed by atoms with van der Waals surface area (Å²) in [5.74, 6) is 0.136. The zero-order valence-corrected chi connectivity index (χ0v) is 8.82. The average molecular weight is 230 g/mol. The molecule has 0 bridgehead atoms. The van der Waals surface area contributed by atoms with Gasteiger partial charge < -0.3 is 11.5 Å². The van der Waals surface area contributed by atoms with E-state index in [1.54, 1.807) is 6.21 Å². The van der Waals surface area contributed by atoms with Gasteiger partial charge in [0.25, 0.3) is 0 Å². The number of amidine groups is 1. The van der Waals surface area contributed by atoms with Crippen LogP contribution in [0.15, 0.2) is 45.2 Å². The SMILES string of the molecule is NC(=NN=Cc1ccccc1)c1nonc1N. The molecule has 0 saturated heterocycles. The Bertz CT molecular complexity index is 545. The lowest BCUT2D eigenvalue weighted by molar-refractivity contribution is 0.308. The van der Waals surface area contributed by atoms with E-state index in [1.807, 2.05) is 30.3 Å². The van der Waals surface area contributed by atoms with Gasteiger partial charge in [-0.2, -0.15) is 5.10 Å². The minimum Gasteiger partial charge on any atom is -0.380 e. The van der Waals surface area contributed by atoms with Crippen LogP contribution in [-0.4, -0.2) is 22.4 Å². The van der Waals surface area contributed by atoms with Gasteiger partial charge in [-0.25, -0.2) is 4.63 Å². The summed E-state index contributed by atoms with van der Waals surface area (Å²) in [6.07, 6.45) is 1.57. The lowest BCUT2D eigenvalue weighted by Crippen LogP contribution is -2.15. The number of anilines is 1. The number of nitrogens with zero attached hydrogens (tertiary/aromatic N) is 4. The van der Waals surface area contributed by atoms with Crippen molar-refractivity contribution in [3.8, 4) is 0 Å². The molecule has 2 rings (SSSR count). The molecule has 0 fully saturated rings. The van der Waals surface area contributed by atoms with Gasteiger partial charge in [-0.3, -0.25) is 0 Å². The molecule has 0 aliphatic heterocycles. The van der Waals surface area contributed by atoms with Gasteiger partial charge in [0.05, 0.1) is 6.21 Å². The summed E-state index contributed by atoms with van der Waals surface area (Å²) in [5, 5.41) is 14.4. The number of hydrogen-bond acceptors (Lipinski definition) is 6. The minimum atomic E-state index is 0.0518. The Labute approximate surface area is 96.8 Å². The first-order chi connectivity index (χ1) is 8.27. The lowest BCUT2D eigenvalue weighted by atomic mass is 10.2. The summed E-state index contributed by atoms with van der Waals surface area (Å²) in [4.78, 5) is 0. The van der Waals surface area contributed by atoms with Crippen molar-refractivity contribution in [2.75, 3.05) is 5.73 Å². The Hall–Kier alpha value is -2.70. The van der Waals surface area contributed by atoms with Gasteiger partial charge in [0.15, 0.2) is 17.3 Å². The maximum absolute atomic E-state index is 5.60. The molecule has 2 aromatic rings. The van der Waals surface area contributed by atoms with E-state index in [0.29, 0.717) is 0 Å². The van der Waals surface area contributed by atoms with Gasteiger partial charge in [-0.05, 0) is 15.9 Å². The van der Waals surface area contributed by atoms with Crippen molar-refractivity contribution in [1.29, 1.82) is 0 Å². The first kappa shape index (κ1) is 10.8. The van der Waals surface area contributed by atoms with Gasteiger partial charge in [-0.1, -0.05) is 30.3 Å². The predicted molar refractivity (Wildman–Crippen MR) is 63.5 cm³/mol. The maximum atomic E-state index is 5.60. The van der Waals surface area contributed by atoms with Gasteiger partial charge in [-0.15, -0.1) is 5.10 Å². The first-order valence-corrected chi connectivity index (χ1v) is 4.77. The van der Waals surface area contributed by atoms with Crippen molar-refractivity contribution in [3.05, 3.63) is 41.6 Å². The molecule has 0 radical (unpaired) electrons. The Balaban J connectivity index is 2.11. The molecule has 1 aromatic heterocycles. The fraction of sp³-hybridized carbons (Fsp3) is 0. The summed E-state index contributed by atoms with van der Waals surface area (Å²) < 4.78 is 4.39. The van der Waals surface area contributed by atoms with Crippen molar-refractivity contribution in [1.82, 2.24) is 10.3 Å². The Kier molecular flexibility index (Phi) is 3.10. The number of nitrogens with two attached hydrogens (primary N) is 2. The van der Waals surface area contributed by atoms with Crippen LogP contribution < -0.4 is 11.5 Å². The molecular formula is C10H10N6O. The van der Waals surface area contributed by atoms with Crippen LogP contribution in [0.25, 0.3) is 0 Å². The molecule has 86 valence electrons. The molecule has 0 spiro atoms. The minimum absolute atomic E-state index is 0.0518.